The first-order valence-electron chi connectivity index (χ1n) is 14.0. The lowest BCUT2D eigenvalue weighted by Crippen LogP contribution is -2.53. The molecule has 0 atom stereocenters. The minimum atomic E-state index is -0.279. The third-order valence-corrected chi connectivity index (χ3v) is 8.02. The second-order valence-corrected chi connectivity index (χ2v) is 10.4. The van der Waals surface area contributed by atoms with Gasteiger partial charge in [0.25, 0.3) is 5.91 Å². The van der Waals surface area contributed by atoms with Crippen LogP contribution in [0.3, 0.4) is 0 Å². The Morgan fingerprint density at radius 2 is 1.82 bits per heavy atom. The van der Waals surface area contributed by atoms with Crippen molar-refractivity contribution >= 4 is 34.9 Å². The van der Waals surface area contributed by atoms with Gasteiger partial charge in [-0.1, -0.05) is 12.5 Å². The van der Waals surface area contributed by atoms with Crippen molar-refractivity contribution < 1.29 is 14.3 Å². The smallest absolute Gasteiger partial charge is 0.410 e. The summed E-state index contributed by atoms with van der Waals surface area (Å²) in [6, 6.07) is 12.3. The Hall–Kier alpha value is -3.92. The standard InChI is InChI=1S/C29H35N7O3/c1-2-39-29(38)35-15-12-21(13-16-35)25-7-4-14-36-26(25)31-28(32-36)30-23-10-8-22(9-11-23)27(37)34-19-17-33(18-20-34)24-5-3-6-24/h4,7-12,14,24H,2-3,5-6,13,15-20H2,1H3,(H,30,32). The molecule has 39 heavy (non-hydrogen) atoms. The van der Waals surface area contributed by atoms with Crippen LogP contribution >= 0.6 is 0 Å². The molecule has 1 saturated carbocycles. The first-order chi connectivity index (χ1) is 19.1. The molecule has 1 saturated heterocycles. The number of amides is 2. The number of carbonyl (C=O) groups excluding carboxylic acids is 2. The van der Waals surface area contributed by atoms with Gasteiger partial charge in [-0.25, -0.2) is 9.31 Å². The summed E-state index contributed by atoms with van der Waals surface area (Å²) in [5.74, 6) is 0.575. The largest absolute Gasteiger partial charge is 0.450 e. The number of anilines is 2. The van der Waals surface area contributed by atoms with E-state index in [9.17, 15) is 9.59 Å². The molecular weight excluding hydrogens is 494 g/mol. The highest BCUT2D eigenvalue weighted by molar-refractivity contribution is 5.94. The topological polar surface area (TPSA) is 95.3 Å². The summed E-state index contributed by atoms with van der Waals surface area (Å²) >= 11 is 0. The van der Waals surface area contributed by atoms with Gasteiger partial charge in [-0.3, -0.25) is 9.69 Å². The normalized spacial score (nSPS) is 18.5. The lowest BCUT2D eigenvalue weighted by atomic mass is 9.91. The van der Waals surface area contributed by atoms with E-state index in [0.717, 1.165) is 61.1 Å². The van der Waals surface area contributed by atoms with Gasteiger partial charge in [-0.05, 0) is 68.2 Å². The third kappa shape index (κ3) is 5.34. The van der Waals surface area contributed by atoms with E-state index in [0.29, 0.717) is 31.2 Å². The summed E-state index contributed by atoms with van der Waals surface area (Å²) in [5, 5.41) is 7.87. The van der Waals surface area contributed by atoms with Gasteiger partial charge in [0, 0.05) is 68.3 Å². The minimum absolute atomic E-state index is 0.0904. The maximum Gasteiger partial charge on any atom is 0.410 e. The molecular formula is C29H35N7O3. The molecule has 2 aromatic heterocycles. The van der Waals surface area contributed by atoms with E-state index < -0.39 is 0 Å². The van der Waals surface area contributed by atoms with Crippen molar-refractivity contribution in [3.8, 4) is 0 Å². The maximum atomic E-state index is 13.0. The Bertz CT molecular complexity index is 1370. The van der Waals surface area contributed by atoms with E-state index >= 15 is 0 Å². The zero-order valence-corrected chi connectivity index (χ0v) is 22.4. The molecule has 3 aromatic rings. The summed E-state index contributed by atoms with van der Waals surface area (Å²) in [7, 11) is 0. The lowest BCUT2D eigenvalue weighted by Gasteiger charge is -2.42. The van der Waals surface area contributed by atoms with Crippen molar-refractivity contribution in [2.75, 3.05) is 51.2 Å². The maximum absolute atomic E-state index is 13.0. The fourth-order valence-electron chi connectivity index (χ4n) is 5.55. The highest BCUT2D eigenvalue weighted by atomic mass is 16.6. The molecule has 10 heteroatoms. The molecule has 1 aromatic carbocycles. The van der Waals surface area contributed by atoms with Crippen molar-refractivity contribution in [1.82, 2.24) is 29.3 Å². The molecule has 0 bridgehead atoms. The number of pyridine rings is 1. The van der Waals surface area contributed by atoms with Crippen molar-refractivity contribution in [1.29, 1.82) is 0 Å². The molecule has 4 heterocycles. The van der Waals surface area contributed by atoms with Gasteiger partial charge in [0.1, 0.15) is 0 Å². The number of hydrogen-bond donors (Lipinski definition) is 1. The van der Waals surface area contributed by atoms with Crippen LogP contribution in [0, 0.1) is 0 Å². The number of ether oxygens (including phenoxy) is 1. The molecule has 2 aliphatic heterocycles. The van der Waals surface area contributed by atoms with Crippen LogP contribution in [-0.2, 0) is 4.74 Å². The number of piperazine rings is 1. The highest BCUT2D eigenvalue weighted by Gasteiger charge is 2.29. The van der Waals surface area contributed by atoms with Crippen molar-refractivity contribution in [3.63, 3.8) is 0 Å². The number of benzene rings is 1. The summed E-state index contributed by atoms with van der Waals surface area (Å²) in [5.41, 5.74) is 4.41. The molecule has 2 fully saturated rings. The summed E-state index contributed by atoms with van der Waals surface area (Å²) in [6.45, 7) is 6.82. The monoisotopic (exact) mass is 529 g/mol. The Kier molecular flexibility index (Phi) is 7.19. The van der Waals surface area contributed by atoms with Crippen LogP contribution in [0.4, 0.5) is 16.4 Å². The van der Waals surface area contributed by atoms with Crippen LogP contribution in [0.25, 0.3) is 11.2 Å². The van der Waals surface area contributed by atoms with Gasteiger partial charge in [0.05, 0.1) is 6.61 Å². The molecule has 10 nitrogen and oxygen atoms in total. The van der Waals surface area contributed by atoms with Crippen LogP contribution < -0.4 is 5.32 Å². The number of carbonyl (C=O) groups is 2. The van der Waals surface area contributed by atoms with E-state index in [1.54, 1.807) is 9.42 Å². The van der Waals surface area contributed by atoms with E-state index in [1.165, 1.54) is 19.3 Å². The first-order valence-corrected chi connectivity index (χ1v) is 14.0. The zero-order valence-electron chi connectivity index (χ0n) is 22.4. The number of aromatic nitrogens is 3. The Morgan fingerprint density at radius 1 is 1.03 bits per heavy atom. The average molecular weight is 530 g/mol. The summed E-state index contributed by atoms with van der Waals surface area (Å²) in [4.78, 5) is 36.0. The molecule has 1 aliphatic carbocycles. The number of rotatable bonds is 6. The van der Waals surface area contributed by atoms with Crippen LogP contribution in [0.1, 0.15) is 48.5 Å². The predicted octanol–water partition coefficient (Wildman–Crippen LogP) is 4.03. The molecule has 0 unspecified atom stereocenters. The molecule has 2 amide bonds. The quantitative estimate of drug-likeness (QED) is 0.515. The van der Waals surface area contributed by atoms with Gasteiger partial charge >= 0.3 is 6.09 Å². The predicted molar refractivity (Wildman–Crippen MR) is 149 cm³/mol. The van der Waals surface area contributed by atoms with E-state index in [2.05, 4.69) is 21.4 Å². The number of nitrogens with zero attached hydrogens (tertiary/aromatic N) is 6. The molecule has 3 aliphatic rings. The highest BCUT2D eigenvalue weighted by Crippen LogP contribution is 2.28. The van der Waals surface area contributed by atoms with Crippen molar-refractivity contribution in [3.05, 3.63) is 59.8 Å². The van der Waals surface area contributed by atoms with Gasteiger partial charge in [-0.15, -0.1) is 5.10 Å². The van der Waals surface area contributed by atoms with Crippen LogP contribution in [0.2, 0.25) is 0 Å². The Labute approximate surface area is 228 Å². The summed E-state index contributed by atoms with van der Waals surface area (Å²) < 4.78 is 6.88. The molecule has 1 N–H and O–H groups in total. The average Bonchev–Trinajstić information content (AvgIpc) is 3.35. The molecule has 0 spiro atoms. The van der Waals surface area contributed by atoms with Crippen LogP contribution in [0.5, 0.6) is 0 Å². The fraction of sp³-hybridized carbons (Fsp3) is 0.448. The van der Waals surface area contributed by atoms with Crippen molar-refractivity contribution in [2.24, 2.45) is 0 Å². The third-order valence-electron chi connectivity index (χ3n) is 8.02. The van der Waals surface area contributed by atoms with Crippen LogP contribution in [0.15, 0.2) is 48.7 Å². The second kappa shape index (κ2) is 11.1. The molecule has 0 radical (unpaired) electrons. The fourth-order valence-corrected chi connectivity index (χ4v) is 5.55. The van der Waals surface area contributed by atoms with Gasteiger partial charge in [-0.2, -0.15) is 4.98 Å². The zero-order chi connectivity index (χ0) is 26.8. The van der Waals surface area contributed by atoms with E-state index in [1.807, 2.05) is 54.4 Å². The summed E-state index contributed by atoms with van der Waals surface area (Å²) in [6.07, 6.45) is 8.32. The van der Waals surface area contributed by atoms with Crippen LogP contribution in [-0.4, -0.2) is 93.2 Å². The first kappa shape index (κ1) is 25.4. The lowest BCUT2D eigenvalue weighted by molar-refractivity contribution is 0.0455. The van der Waals surface area contributed by atoms with E-state index in [4.69, 9.17) is 9.72 Å². The molecule has 6 rings (SSSR count). The van der Waals surface area contributed by atoms with Gasteiger partial charge < -0.3 is 19.9 Å². The number of fused-ring (bicyclic) bond motifs is 1. The SMILES string of the molecule is CCOC(=O)N1CC=C(c2cccn3nc(Nc4ccc(C(=O)N5CCN(C6CCC6)CC5)cc4)nc23)CC1. The van der Waals surface area contributed by atoms with E-state index in [-0.39, 0.29) is 12.0 Å². The van der Waals surface area contributed by atoms with Gasteiger partial charge in [0.2, 0.25) is 5.95 Å². The molecule has 204 valence electrons. The minimum Gasteiger partial charge on any atom is -0.450 e. The second-order valence-electron chi connectivity index (χ2n) is 10.4. The number of hydrogen-bond acceptors (Lipinski definition) is 7. The number of nitrogens with one attached hydrogen (secondary N) is 1. The Morgan fingerprint density at radius 3 is 2.49 bits per heavy atom. The Balaban J connectivity index is 1.10. The van der Waals surface area contributed by atoms with Crippen molar-refractivity contribution in [2.45, 2.75) is 38.6 Å². The van der Waals surface area contributed by atoms with Gasteiger partial charge in [0.15, 0.2) is 5.65 Å².